The Kier molecular flexibility index (Phi) is 5.34. The Morgan fingerprint density at radius 1 is 1.16 bits per heavy atom. The number of alkyl halides is 3. The molecule has 2 aliphatic rings. The van der Waals surface area contributed by atoms with Gasteiger partial charge in [0.05, 0.1) is 10.5 Å². The summed E-state index contributed by atoms with van der Waals surface area (Å²) in [6.45, 7) is 0. The number of hydrogen-bond acceptors (Lipinski definition) is 5. The Hall–Kier alpha value is -2.79. The zero-order chi connectivity index (χ0) is 22.4. The summed E-state index contributed by atoms with van der Waals surface area (Å²) >= 11 is 0. The molecule has 4 rings (SSSR count). The molecule has 7 nitrogen and oxygen atoms in total. The zero-order valence-corrected chi connectivity index (χ0v) is 16.7. The summed E-state index contributed by atoms with van der Waals surface area (Å²) in [5.74, 6) is -0.969. The smallest absolute Gasteiger partial charge is 0.416 e. The van der Waals surface area contributed by atoms with Crippen LogP contribution in [0.3, 0.4) is 0 Å². The van der Waals surface area contributed by atoms with Crippen LogP contribution in [0.2, 0.25) is 0 Å². The molecule has 0 saturated heterocycles. The fourth-order valence-electron chi connectivity index (χ4n) is 3.90. The van der Waals surface area contributed by atoms with E-state index in [2.05, 4.69) is 0 Å². The minimum Gasteiger partial charge on any atom is -0.486 e. The standard InChI is InChI=1S/C20H18F3NO6S/c21-20(22,23)11-7-9-12(10-8-11)31(27,28)24-18(19(25)26)30-16-6-2-4-14-13-3-1-5-15(13)29-17(14)16/h2,4,6-10,13,15,18,24H,1,3,5H2,(H,25,26). The van der Waals surface area contributed by atoms with E-state index >= 15 is 0 Å². The Morgan fingerprint density at radius 2 is 1.87 bits per heavy atom. The molecule has 2 aromatic carbocycles. The summed E-state index contributed by atoms with van der Waals surface area (Å²) in [7, 11) is -4.48. The van der Waals surface area contributed by atoms with E-state index in [1.54, 1.807) is 6.07 Å². The van der Waals surface area contributed by atoms with Crippen molar-refractivity contribution in [3.8, 4) is 11.5 Å². The molecular formula is C20H18F3NO6S. The van der Waals surface area contributed by atoms with E-state index in [0.717, 1.165) is 37.0 Å². The molecule has 0 aromatic heterocycles. The van der Waals surface area contributed by atoms with E-state index < -0.39 is 38.9 Å². The number of carboxylic acid groups (broad SMARTS) is 1. The second-order valence-corrected chi connectivity index (χ2v) is 9.06. The van der Waals surface area contributed by atoms with Gasteiger partial charge >= 0.3 is 12.1 Å². The van der Waals surface area contributed by atoms with Crippen molar-refractivity contribution < 1.29 is 41.0 Å². The van der Waals surface area contributed by atoms with Gasteiger partial charge in [0.25, 0.3) is 6.23 Å². The van der Waals surface area contributed by atoms with Crippen molar-refractivity contribution in [2.45, 2.75) is 48.6 Å². The predicted octanol–water partition coefficient (Wildman–Crippen LogP) is 3.50. The van der Waals surface area contributed by atoms with E-state index in [0.29, 0.717) is 17.9 Å². The van der Waals surface area contributed by atoms with Gasteiger partial charge in [-0.05, 0) is 49.6 Å². The van der Waals surface area contributed by atoms with Crippen LogP contribution in [-0.2, 0) is 21.0 Å². The summed E-state index contributed by atoms with van der Waals surface area (Å²) in [6, 6.07) is 7.69. The van der Waals surface area contributed by atoms with Crippen LogP contribution in [0.5, 0.6) is 11.5 Å². The number of carboxylic acids is 1. The topological polar surface area (TPSA) is 102 Å². The molecule has 3 unspecified atom stereocenters. The van der Waals surface area contributed by atoms with Gasteiger partial charge in [0, 0.05) is 11.5 Å². The average Bonchev–Trinajstić information content (AvgIpc) is 3.29. The van der Waals surface area contributed by atoms with Crippen molar-refractivity contribution in [2.75, 3.05) is 0 Å². The number of ether oxygens (including phenoxy) is 2. The maximum Gasteiger partial charge on any atom is 0.416 e. The highest BCUT2D eigenvalue weighted by Crippen LogP contribution is 2.50. The monoisotopic (exact) mass is 457 g/mol. The molecule has 0 bridgehead atoms. The number of hydrogen-bond donors (Lipinski definition) is 2. The molecule has 1 aliphatic carbocycles. The molecule has 3 atom stereocenters. The number of benzene rings is 2. The van der Waals surface area contributed by atoms with Crippen molar-refractivity contribution in [1.29, 1.82) is 0 Å². The molecule has 1 aliphatic heterocycles. The Bertz CT molecular complexity index is 1100. The lowest BCUT2D eigenvalue weighted by molar-refractivity contribution is -0.145. The molecule has 166 valence electrons. The van der Waals surface area contributed by atoms with Gasteiger partial charge in [0.15, 0.2) is 11.5 Å². The quantitative estimate of drug-likeness (QED) is 0.644. The first-order valence-corrected chi connectivity index (χ1v) is 10.9. The number of aliphatic carboxylic acids is 1. The summed E-state index contributed by atoms with van der Waals surface area (Å²) in [5.41, 5.74) is -0.144. The second kappa shape index (κ2) is 7.72. The molecule has 1 heterocycles. The van der Waals surface area contributed by atoms with E-state index in [-0.39, 0.29) is 17.8 Å². The van der Waals surface area contributed by atoms with E-state index in [9.17, 15) is 31.5 Å². The molecule has 0 radical (unpaired) electrons. The van der Waals surface area contributed by atoms with Crippen LogP contribution < -0.4 is 14.2 Å². The van der Waals surface area contributed by atoms with Gasteiger partial charge in [-0.15, -0.1) is 0 Å². The largest absolute Gasteiger partial charge is 0.486 e. The predicted molar refractivity (Wildman–Crippen MR) is 101 cm³/mol. The molecule has 1 fully saturated rings. The highest BCUT2D eigenvalue weighted by Gasteiger charge is 2.40. The van der Waals surface area contributed by atoms with Gasteiger partial charge in [-0.3, -0.25) is 0 Å². The fraction of sp³-hybridized carbons (Fsp3) is 0.350. The highest BCUT2D eigenvalue weighted by molar-refractivity contribution is 7.89. The van der Waals surface area contributed by atoms with E-state index in [4.69, 9.17) is 9.47 Å². The van der Waals surface area contributed by atoms with E-state index in [1.165, 1.54) is 6.07 Å². The second-order valence-electron chi connectivity index (χ2n) is 7.35. The third-order valence-corrected chi connectivity index (χ3v) is 6.77. The maximum atomic E-state index is 12.7. The van der Waals surface area contributed by atoms with Gasteiger partial charge in [-0.25, -0.2) is 13.2 Å². The van der Waals surface area contributed by atoms with Crippen molar-refractivity contribution in [2.24, 2.45) is 0 Å². The normalized spacial score (nSPS) is 21.1. The minimum absolute atomic E-state index is 0.0214. The van der Waals surface area contributed by atoms with Crippen LogP contribution >= 0.6 is 0 Å². The van der Waals surface area contributed by atoms with Gasteiger partial charge < -0.3 is 14.6 Å². The van der Waals surface area contributed by atoms with Crippen molar-refractivity contribution in [1.82, 2.24) is 4.72 Å². The molecule has 2 N–H and O–H groups in total. The van der Waals surface area contributed by atoms with Gasteiger partial charge in [0.2, 0.25) is 10.0 Å². The lowest BCUT2D eigenvalue weighted by Gasteiger charge is -2.19. The van der Waals surface area contributed by atoms with E-state index in [1.807, 2.05) is 10.8 Å². The molecular weight excluding hydrogens is 439 g/mol. The average molecular weight is 457 g/mol. The maximum absolute atomic E-state index is 12.7. The number of sulfonamides is 1. The Balaban J connectivity index is 1.56. The van der Waals surface area contributed by atoms with Gasteiger partial charge in [-0.2, -0.15) is 17.9 Å². The summed E-state index contributed by atoms with van der Waals surface area (Å²) in [4.78, 5) is 11.1. The number of fused-ring (bicyclic) bond motifs is 3. The first kappa shape index (κ1) is 21.4. The molecule has 11 heteroatoms. The molecule has 0 amide bonds. The van der Waals surface area contributed by atoms with Crippen LogP contribution in [0.15, 0.2) is 47.4 Å². The molecule has 2 aromatic rings. The molecule has 1 saturated carbocycles. The van der Waals surface area contributed by atoms with Gasteiger partial charge in [-0.1, -0.05) is 12.1 Å². The first-order chi connectivity index (χ1) is 14.6. The lowest BCUT2D eigenvalue weighted by Crippen LogP contribution is -2.44. The first-order valence-electron chi connectivity index (χ1n) is 9.45. The molecule has 0 spiro atoms. The van der Waals surface area contributed by atoms with Crippen molar-refractivity contribution in [3.63, 3.8) is 0 Å². The highest BCUT2D eigenvalue weighted by atomic mass is 32.2. The summed E-state index contributed by atoms with van der Waals surface area (Å²) in [6.07, 6.45) is -3.85. The van der Waals surface area contributed by atoms with Crippen LogP contribution in [0.1, 0.15) is 36.3 Å². The van der Waals surface area contributed by atoms with Crippen molar-refractivity contribution >= 4 is 16.0 Å². The Labute approximate surface area is 175 Å². The lowest BCUT2D eigenvalue weighted by atomic mass is 9.97. The van der Waals surface area contributed by atoms with Crippen LogP contribution in [0, 0.1) is 0 Å². The van der Waals surface area contributed by atoms with Gasteiger partial charge in [0.1, 0.15) is 6.10 Å². The zero-order valence-electron chi connectivity index (χ0n) is 15.9. The third-order valence-electron chi connectivity index (χ3n) is 5.35. The number of carbonyl (C=O) groups is 1. The van der Waals surface area contributed by atoms with Crippen LogP contribution in [-0.4, -0.2) is 31.8 Å². The van der Waals surface area contributed by atoms with Crippen LogP contribution in [0.4, 0.5) is 13.2 Å². The summed E-state index contributed by atoms with van der Waals surface area (Å²) < 4.78 is 76.3. The number of para-hydroxylation sites is 1. The minimum atomic E-state index is -4.63. The SMILES string of the molecule is O=C(O)C(NS(=O)(=O)c1ccc(C(F)(F)F)cc1)Oc1cccc2c1OC1CCCC21. The van der Waals surface area contributed by atoms with Crippen molar-refractivity contribution in [3.05, 3.63) is 53.6 Å². The molecule has 31 heavy (non-hydrogen) atoms. The van der Waals surface area contributed by atoms with Crippen LogP contribution in [0.25, 0.3) is 0 Å². The summed E-state index contributed by atoms with van der Waals surface area (Å²) in [5, 5.41) is 9.46. The number of rotatable bonds is 6. The third kappa shape index (κ3) is 4.19. The Morgan fingerprint density at radius 3 is 2.52 bits per heavy atom. The fourth-order valence-corrected chi connectivity index (χ4v) is 4.96. The number of nitrogens with one attached hydrogen (secondary N) is 1. The number of halogens is 3.